The third kappa shape index (κ3) is 1.42. The molecule has 0 unspecified atom stereocenters. The van der Waals surface area contributed by atoms with Gasteiger partial charge in [0.15, 0.2) is 0 Å². The van der Waals surface area contributed by atoms with Gasteiger partial charge >= 0.3 is 0 Å². The van der Waals surface area contributed by atoms with Crippen LogP contribution in [0.5, 0.6) is 0 Å². The minimum absolute atomic E-state index is 0.618. The molecule has 0 radical (unpaired) electrons. The first-order chi connectivity index (χ1) is 7.40. The molecule has 3 rings (SSSR count). The van der Waals surface area contributed by atoms with Crippen LogP contribution < -0.4 is 5.73 Å². The highest BCUT2D eigenvalue weighted by atomic mass is 15.3. The van der Waals surface area contributed by atoms with Gasteiger partial charge < -0.3 is 10.3 Å². The van der Waals surface area contributed by atoms with Gasteiger partial charge in [0, 0.05) is 37.6 Å². The van der Waals surface area contributed by atoms with E-state index in [1.165, 1.54) is 31.5 Å². The SMILES string of the molecule is NC[C@@H]1CCC[C@H]2c3cccn3CCN12. The maximum absolute atomic E-state index is 5.86. The van der Waals surface area contributed by atoms with E-state index < -0.39 is 0 Å². The van der Waals surface area contributed by atoms with Gasteiger partial charge in [0.05, 0.1) is 6.04 Å². The number of hydrogen-bond acceptors (Lipinski definition) is 2. The lowest BCUT2D eigenvalue weighted by atomic mass is 9.92. The van der Waals surface area contributed by atoms with Crippen molar-refractivity contribution < 1.29 is 0 Å². The quantitative estimate of drug-likeness (QED) is 0.751. The van der Waals surface area contributed by atoms with E-state index in [-0.39, 0.29) is 0 Å². The number of nitrogens with two attached hydrogens (primary N) is 1. The third-order valence-electron chi connectivity index (χ3n) is 3.96. The van der Waals surface area contributed by atoms with Crippen LogP contribution in [0.3, 0.4) is 0 Å². The zero-order chi connectivity index (χ0) is 10.3. The lowest BCUT2D eigenvalue weighted by Crippen LogP contribution is -2.49. The fraction of sp³-hybridized carbons (Fsp3) is 0.667. The van der Waals surface area contributed by atoms with Gasteiger partial charge in [-0.1, -0.05) is 0 Å². The summed E-state index contributed by atoms with van der Waals surface area (Å²) in [6, 6.07) is 5.70. The maximum Gasteiger partial charge on any atom is 0.0504 e. The summed E-state index contributed by atoms with van der Waals surface area (Å²) in [4.78, 5) is 2.62. The van der Waals surface area contributed by atoms with Gasteiger partial charge in [-0.15, -0.1) is 0 Å². The summed E-state index contributed by atoms with van der Waals surface area (Å²) in [6.07, 6.45) is 6.13. The van der Waals surface area contributed by atoms with Crippen molar-refractivity contribution in [3.8, 4) is 0 Å². The number of rotatable bonds is 1. The summed E-state index contributed by atoms with van der Waals surface area (Å²) < 4.78 is 2.40. The highest BCUT2D eigenvalue weighted by molar-refractivity contribution is 5.16. The Kier molecular flexibility index (Phi) is 2.29. The molecule has 2 aliphatic heterocycles. The molecule has 0 bridgehead atoms. The molecular weight excluding hydrogens is 186 g/mol. The van der Waals surface area contributed by atoms with Crippen LogP contribution in [-0.4, -0.2) is 28.6 Å². The van der Waals surface area contributed by atoms with Crippen LogP contribution in [0, 0.1) is 0 Å². The van der Waals surface area contributed by atoms with Crippen molar-refractivity contribution in [2.45, 2.75) is 37.9 Å². The van der Waals surface area contributed by atoms with Gasteiger partial charge in [-0.25, -0.2) is 0 Å². The van der Waals surface area contributed by atoms with Gasteiger partial charge in [0.2, 0.25) is 0 Å². The molecule has 0 spiro atoms. The topological polar surface area (TPSA) is 34.2 Å². The minimum Gasteiger partial charge on any atom is -0.349 e. The second-order valence-corrected chi connectivity index (χ2v) is 4.70. The largest absolute Gasteiger partial charge is 0.349 e. The molecule has 0 aliphatic carbocycles. The Morgan fingerprint density at radius 3 is 3.13 bits per heavy atom. The Labute approximate surface area is 90.9 Å². The minimum atomic E-state index is 0.618. The molecule has 3 heterocycles. The van der Waals surface area contributed by atoms with E-state index in [0.29, 0.717) is 12.1 Å². The highest BCUT2D eigenvalue weighted by Gasteiger charge is 2.34. The van der Waals surface area contributed by atoms with Crippen molar-refractivity contribution in [2.24, 2.45) is 5.73 Å². The maximum atomic E-state index is 5.86. The first-order valence-corrected chi connectivity index (χ1v) is 6.01. The standard InChI is InChI=1S/C12H19N3/c13-9-10-3-1-4-12-11-5-2-6-14(11)7-8-15(10)12/h2,5-6,10,12H,1,3-4,7-9,13H2/t10-,12-/m0/s1. The summed E-state index contributed by atoms with van der Waals surface area (Å²) in [5.41, 5.74) is 7.36. The normalized spacial score (nSPS) is 31.0. The van der Waals surface area contributed by atoms with Crippen molar-refractivity contribution in [1.82, 2.24) is 9.47 Å². The fourth-order valence-corrected chi connectivity index (χ4v) is 3.20. The van der Waals surface area contributed by atoms with Crippen LogP contribution in [0.4, 0.5) is 0 Å². The van der Waals surface area contributed by atoms with E-state index in [4.69, 9.17) is 5.73 Å². The lowest BCUT2D eigenvalue weighted by Gasteiger charge is -2.45. The van der Waals surface area contributed by atoms with Crippen molar-refractivity contribution in [3.63, 3.8) is 0 Å². The monoisotopic (exact) mass is 205 g/mol. The smallest absolute Gasteiger partial charge is 0.0504 e. The molecule has 2 aliphatic rings. The Hall–Kier alpha value is -0.800. The Balaban J connectivity index is 1.92. The molecule has 1 aromatic rings. The van der Waals surface area contributed by atoms with Gasteiger partial charge in [-0.05, 0) is 31.4 Å². The molecule has 0 saturated carbocycles. The van der Waals surface area contributed by atoms with Gasteiger partial charge in [0.1, 0.15) is 0 Å². The van der Waals surface area contributed by atoms with Crippen molar-refractivity contribution in [1.29, 1.82) is 0 Å². The van der Waals surface area contributed by atoms with Gasteiger partial charge in [-0.3, -0.25) is 4.90 Å². The van der Waals surface area contributed by atoms with E-state index >= 15 is 0 Å². The van der Waals surface area contributed by atoms with E-state index in [9.17, 15) is 0 Å². The number of aromatic nitrogens is 1. The Morgan fingerprint density at radius 2 is 2.27 bits per heavy atom. The molecule has 2 atom stereocenters. The third-order valence-corrected chi connectivity index (χ3v) is 3.96. The summed E-state index contributed by atoms with van der Waals surface area (Å²) in [5, 5.41) is 0. The summed E-state index contributed by atoms with van der Waals surface area (Å²) in [6.45, 7) is 3.13. The van der Waals surface area contributed by atoms with Crippen molar-refractivity contribution >= 4 is 0 Å². The number of nitrogens with zero attached hydrogens (tertiary/aromatic N) is 2. The number of piperidine rings is 1. The summed E-state index contributed by atoms with van der Waals surface area (Å²) in [7, 11) is 0. The first kappa shape index (κ1) is 9.43. The molecule has 1 fully saturated rings. The molecule has 2 N–H and O–H groups in total. The van der Waals surface area contributed by atoms with Crippen LogP contribution in [0.25, 0.3) is 0 Å². The molecule has 3 heteroatoms. The molecule has 15 heavy (non-hydrogen) atoms. The average Bonchev–Trinajstić information content (AvgIpc) is 2.76. The van der Waals surface area contributed by atoms with Crippen LogP contribution >= 0.6 is 0 Å². The van der Waals surface area contributed by atoms with Gasteiger partial charge in [-0.2, -0.15) is 0 Å². The Morgan fingerprint density at radius 1 is 1.33 bits per heavy atom. The van der Waals surface area contributed by atoms with E-state index in [1.54, 1.807) is 0 Å². The second kappa shape index (κ2) is 3.65. The van der Waals surface area contributed by atoms with E-state index in [1.807, 2.05) is 0 Å². The lowest BCUT2D eigenvalue weighted by molar-refractivity contribution is 0.0610. The molecule has 3 nitrogen and oxygen atoms in total. The molecule has 0 aromatic carbocycles. The van der Waals surface area contributed by atoms with Crippen LogP contribution in [0.2, 0.25) is 0 Å². The van der Waals surface area contributed by atoms with Crippen molar-refractivity contribution in [2.75, 3.05) is 13.1 Å². The summed E-state index contributed by atoms with van der Waals surface area (Å²) >= 11 is 0. The van der Waals surface area contributed by atoms with Crippen LogP contribution in [0.15, 0.2) is 18.3 Å². The molecule has 82 valence electrons. The fourth-order valence-electron chi connectivity index (χ4n) is 3.20. The van der Waals surface area contributed by atoms with Crippen LogP contribution in [0.1, 0.15) is 31.0 Å². The number of hydrogen-bond donors (Lipinski definition) is 1. The van der Waals surface area contributed by atoms with Crippen LogP contribution in [-0.2, 0) is 6.54 Å². The summed E-state index contributed by atoms with van der Waals surface area (Å²) in [5.74, 6) is 0. The predicted molar refractivity (Wildman–Crippen MR) is 60.6 cm³/mol. The van der Waals surface area contributed by atoms with E-state index in [2.05, 4.69) is 27.8 Å². The highest BCUT2D eigenvalue weighted by Crippen LogP contribution is 2.36. The zero-order valence-corrected chi connectivity index (χ0v) is 9.10. The molecule has 1 saturated heterocycles. The molecule has 1 aromatic heterocycles. The second-order valence-electron chi connectivity index (χ2n) is 4.70. The van der Waals surface area contributed by atoms with Crippen molar-refractivity contribution in [3.05, 3.63) is 24.0 Å². The molecular formula is C12H19N3. The van der Waals surface area contributed by atoms with Gasteiger partial charge in [0.25, 0.3) is 0 Å². The average molecular weight is 205 g/mol. The molecule has 0 amide bonds. The predicted octanol–water partition coefficient (Wildman–Crippen LogP) is 1.36. The van der Waals surface area contributed by atoms with E-state index in [0.717, 1.165) is 13.1 Å². The number of fused-ring (bicyclic) bond motifs is 3. The Bertz CT molecular complexity index is 344. The zero-order valence-electron chi connectivity index (χ0n) is 9.10. The first-order valence-electron chi connectivity index (χ1n) is 6.01.